The summed E-state index contributed by atoms with van der Waals surface area (Å²) in [6.07, 6.45) is 4.05. The molecule has 0 saturated heterocycles. The first kappa shape index (κ1) is 14.9. The molecule has 0 aliphatic rings. The SMILES string of the molecule is CCCC(C)NCCOC(C)CC(C)C. The van der Waals surface area contributed by atoms with E-state index in [4.69, 9.17) is 4.74 Å². The van der Waals surface area contributed by atoms with E-state index in [1.165, 1.54) is 12.8 Å². The van der Waals surface area contributed by atoms with Crippen LogP contribution in [0.25, 0.3) is 0 Å². The summed E-state index contributed by atoms with van der Waals surface area (Å²) < 4.78 is 5.72. The van der Waals surface area contributed by atoms with Gasteiger partial charge in [0.05, 0.1) is 12.7 Å². The van der Waals surface area contributed by atoms with Gasteiger partial charge in [-0.1, -0.05) is 27.2 Å². The van der Waals surface area contributed by atoms with E-state index in [0.717, 1.165) is 25.5 Å². The van der Waals surface area contributed by atoms with Gasteiger partial charge in [0.2, 0.25) is 0 Å². The minimum absolute atomic E-state index is 0.397. The molecular weight excluding hydrogens is 186 g/mol. The average Bonchev–Trinajstić information content (AvgIpc) is 2.12. The summed E-state index contributed by atoms with van der Waals surface area (Å²) >= 11 is 0. The van der Waals surface area contributed by atoms with Crippen molar-refractivity contribution in [3.63, 3.8) is 0 Å². The fourth-order valence-corrected chi connectivity index (χ4v) is 1.83. The summed E-state index contributed by atoms with van der Waals surface area (Å²) in [6.45, 7) is 12.9. The third-order valence-corrected chi connectivity index (χ3v) is 2.52. The first-order valence-corrected chi connectivity index (χ1v) is 6.41. The molecule has 0 saturated carbocycles. The molecule has 2 nitrogen and oxygen atoms in total. The maximum atomic E-state index is 5.72. The van der Waals surface area contributed by atoms with Crippen molar-refractivity contribution in [1.82, 2.24) is 5.32 Å². The number of ether oxygens (including phenoxy) is 1. The lowest BCUT2D eigenvalue weighted by Gasteiger charge is -2.17. The predicted molar refractivity (Wildman–Crippen MR) is 67.2 cm³/mol. The molecule has 0 amide bonds. The molecule has 0 aromatic carbocycles. The number of hydrogen-bond acceptors (Lipinski definition) is 2. The van der Waals surface area contributed by atoms with Crippen LogP contribution in [0.15, 0.2) is 0 Å². The van der Waals surface area contributed by atoms with Gasteiger partial charge in [-0.25, -0.2) is 0 Å². The van der Waals surface area contributed by atoms with Gasteiger partial charge in [0.25, 0.3) is 0 Å². The number of hydrogen-bond donors (Lipinski definition) is 1. The Kier molecular flexibility index (Phi) is 9.12. The molecule has 15 heavy (non-hydrogen) atoms. The van der Waals surface area contributed by atoms with Crippen molar-refractivity contribution in [3.8, 4) is 0 Å². The van der Waals surface area contributed by atoms with E-state index in [-0.39, 0.29) is 0 Å². The van der Waals surface area contributed by atoms with Gasteiger partial charge < -0.3 is 10.1 Å². The zero-order valence-corrected chi connectivity index (χ0v) is 11.2. The highest BCUT2D eigenvalue weighted by atomic mass is 16.5. The van der Waals surface area contributed by atoms with Gasteiger partial charge in [0, 0.05) is 12.6 Å². The molecule has 2 heteroatoms. The van der Waals surface area contributed by atoms with Gasteiger partial charge in [0.1, 0.15) is 0 Å². The van der Waals surface area contributed by atoms with Crippen molar-refractivity contribution in [3.05, 3.63) is 0 Å². The highest BCUT2D eigenvalue weighted by molar-refractivity contribution is 4.59. The van der Waals surface area contributed by atoms with Crippen molar-refractivity contribution in [2.24, 2.45) is 5.92 Å². The average molecular weight is 215 g/mol. The zero-order valence-electron chi connectivity index (χ0n) is 11.2. The van der Waals surface area contributed by atoms with Crippen LogP contribution in [0, 0.1) is 5.92 Å². The van der Waals surface area contributed by atoms with Gasteiger partial charge in [-0.3, -0.25) is 0 Å². The normalized spacial score (nSPS) is 15.6. The molecule has 0 heterocycles. The first-order chi connectivity index (χ1) is 7.06. The third-order valence-electron chi connectivity index (χ3n) is 2.52. The lowest BCUT2D eigenvalue weighted by Crippen LogP contribution is -2.30. The Morgan fingerprint density at radius 1 is 1.13 bits per heavy atom. The Morgan fingerprint density at radius 3 is 2.33 bits per heavy atom. The second kappa shape index (κ2) is 9.17. The maximum Gasteiger partial charge on any atom is 0.0594 e. The molecular formula is C13H29NO. The predicted octanol–water partition coefficient (Wildman–Crippen LogP) is 3.22. The van der Waals surface area contributed by atoms with Crippen molar-refractivity contribution < 1.29 is 4.74 Å². The summed E-state index contributed by atoms with van der Waals surface area (Å²) in [6, 6.07) is 0.624. The smallest absolute Gasteiger partial charge is 0.0594 e. The van der Waals surface area contributed by atoms with Crippen LogP contribution in [0.3, 0.4) is 0 Å². The van der Waals surface area contributed by atoms with Crippen molar-refractivity contribution in [2.75, 3.05) is 13.2 Å². The highest BCUT2D eigenvalue weighted by Crippen LogP contribution is 2.06. The van der Waals surface area contributed by atoms with Crippen LogP contribution in [0.2, 0.25) is 0 Å². The molecule has 1 N–H and O–H groups in total. The van der Waals surface area contributed by atoms with E-state index >= 15 is 0 Å². The number of rotatable bonds is 9. The summed E-state index contributed by atoms with van der Waals surface area (Å²) in [5.74, 6) is 0.729. The minimum Gasteiger partial charge on any atom is -0.377 e. The summed E-state index contributed by atoms with van der Waals surface area (Å²) in [5, 5.41) is 3.47. The summed E-state index contributed by atoms with van der Waals surface area (Å²) in [7, 11) is 0. The van der Waals surface area contributed by atoms with E-state index in [1.54, 1.807) is 0 Å². The molecule has 92 valence electrons. The molecule has 0 aromatic heterocycles. The van der Waals surface area contributed by atoms with Gasteiger partial charge >= 0.3 is 0 Å². The number of nitrogens with one attached hydrogen (secondary N) is 1. The van der Waals surface area contributed by atoms with Crippen LogP contribution in [0.4, 0.5) is 0 Å². The third kappa shape index (κ3) is 10.2. The molecule has 0 radical (unpaired) electrons. The standard InChI is InChI=1S/C13H29NO/c1-6-7-12(4)14-8-9-15-13(5)10-11(2)3/h11-14H,6-10H2,1-5H3. The minimum atomic E-state index is 0.397. The Bertz CT molecular complexity index is 136. The quantitative estimate of drug-likeness (QED) is 0.596. The van der Waals surface area contributed by atoms with Crippen LogP contribution in [-0.4, -0.2) is 25.3 Å². The molecule has 2 atom stereocenters. The van der Waals surface area contributed by atoms with E-state index < -0.39 is 0 Å². The van der Waals surface area contributed by atoms with Crippen molar-refractivity contribution in [1.29, 1.82) is 0 Å². The van der Waals surface area contributed by atoms with Crippen molar-refractivity contribution in [2.45, 2.75) is 66.0 Å². The molecule has 0 aliphatic carbocycles. The Morgan fingerprint density at radius 2 is 1.80 bits per heavy atom. The molecule has 0 aromatic rings. The summed E-state index contributed by atoms with van der Waals surface area (Å²) in [4.78, 5) is 0. The van der Waals surface area contributed by atoms with Gasteiger partial charge in [-0.15, -0.1) is 0 Å². The fraction of sp³-hybridized carbons (Fsp3) is 1.00. The van der Waals surface area contributed by atoms with Crippen LogP contribution in [-0.2, 0) is 4.74 Å². The van der Waals surface area contributed by atoms with Crippen LogP contribution in [0.5, 0.6) is 0 Å². The van der Waals surface area contributed by atoms with E-state index in [0.29, 0.717) is 12.1 Å². The molecule has 0 fully saturated rings. The molecule has 0 spiro atoms. The zero-order chi connectivity index (χ0) is 11.7. The summed E-state index contributed by atoms with van der Waals surface area (Å²) in [5.41, 5.74) is 0. The lowest BCUT2D eigenvalue weighted by atomic mass is 10.1. The van der Waals surface area contributed by atoms with Crippen LogP contribution in [0.1, 0.15) is 53.9 Å². The van der Waals surface area contributed by atoms with Crippen LogP contribution < -0.4 is 5.32 Å². The van der Waals surface area contributed by atoms with E-state index in [9.17, 15) is 0 Å². The second-order valence-electron chi connectivity index (χ2n) is 4.95. The highest BCUT2D eigenvalue weighted by Gasteiger charge is 2.05. The molecule has 0 rings (SSSR count). The maximum absolute atomic E-state index is 5.72. The Labute approximate surface area is 95.8 Å². The molecule has 2 unspecified atom stereocenters. The lowest BCUT2D eigenvalue weighted by molar-refractivity contribution is 0.0528. The van der Waals surface area contributed by atoms with E-state index in [1.807, 2.05) is 0 Å². The van der Waals surface area contributed by atoms with Crippen LogP contribution >= 0.6 is 0 Å². The van der Waals surface area contributed by atoms with Crippen molar-refractivity contribution >= 4 is 0 Å². The van der Waals surface area contributed by atoms with Gasteiger partial charge in [0.15, 0.2) is 0 Å². The van der Waals surface area contributed by atoms with Gasteiger partial charge in [-0.05, 0) is 32.6 Å². The topological polar surface area (TPSA) is 21.3 Å². The Hall–Kier alpha value is -0.0800. The second-order valence-corrected chi connectivity index (χ2v) is 4.95. The monoisotopic (exact) mass is 215 g/mol. The first-order valence-electron chi connectivity index (χ1n) is 6.41. The molecule has 0 bridgehead atoms. The molecule has 0 aliphatic heterocycles. The van der Waals surface area contributed by atoms with E-state index in [2.05, 4.69) is 39.9 Å². The Balaban J connectivity index is 3.30. The largest absolute Gasteiger partial charge is 0.377 e. The fourth-order valence-electron chi connectivity index (χ4n) is 1.83. The van der Waals surface area contributed by atoms with Gasteiger partial charge in [-0.2, -0.15) is 0 Å².